The van der Waals surface area contributed by atoms with E-state index >= 15 is 0 Å². The smallest absolute Gasteiger partial charge is 0.442 e. The maximum atomic E-state index is 12.6. The molecule has 1 aromatic rings. The molecule has 0 N–H and O–H groups in total. The van der Waals surface area contributed by atoms with Crippen molar-refractivity contribution >= 4 is 19.0 Å². The third-order valence-electron chi connectivity index (χ3n) is 2.49. The molecule has 8 heteroatoms. The van der Waals surface area contributed by atoms with Gasteiger partial charge in [-0.15, -0.1) is 0 Å². The van der Waals surface area contributed by atoms with Crippen LogP contribution in [0.2, 0.25) is 0 Å². The summed E-state index contributed by atoms with van der Waals surface area (Å²) in [6, 6.07) is 6.00. The molecule has 114 valence electrons. The molecule has 0 aliphatic rings. The molecule has 0 atom stereocenters. The molecular weight excluding hydrogens is 295 g/mol. The Morgan fingerprint density at radius 3 is 2.29 bits per heavy atom. The number of methoxy groups -OCH3 is 1. The van der Waals surface area contributed by atoms with Crippen LogP contribution >= 0.6 is 7.60 Å². The van der Waals surface area contributed by atoms with Crippen molar-refractivity contribution in [1.29, 1.82) is 0 Å². The van der Waals surface area contributed by atoms with Gasteiger partial charge in [0.05, 0.1) is 31.5 Å². The Morgan fingerprint density at radius 2 is 1.81 bits per heavy atom. The molecule has 0 aromatic heterocycles. The van der Waals surface area contributed by atoms with Crippen LogP contribution in [0.5, 0.6) is 0 Å². The molecule has 1 aromatic carbocycles. The predicted molar refractivity (Wildman–Crippen MR) is 76.4 cm³/mol. The summed E-state index contributed by atoms with van der Waals surface area (Å²) < 4.78 is 27.5. The summed E-state index contributed by atoms with van der Waals surface area (Å²) >= 11 is 0. The van der Waals surface area contributed by atoms with Gasteiger partial charge in [0.15, 0.2) is 0 Å². The first kappa shape index (κ1) is 17.3. The lowest BCUT2D eigenvalue weighted by Crippen LogP contribution is -2.11. The zero-order chi connectivity index (χ0) is 15.9. The number of hydrogen-bond donors (Lipinski definition) is 0. The summed E-state index contributed by atoms with van der Waals surface area (Å²) in [6.45, 7) is 3.52. The van der Waals surface area contributed by atoms with Gasteiger partial charge in [-0.3, -0.25) is 0 Å². The first-order valence-corrected chi connectivity index (χ1v) is 7.87. The minimum atomic E-state index is -3.76. The monoisotopic (exact) mass is 312 g/mol. The van der Waals surface area contributed by atoms with Crippen LogP contribution in [0, 0.1) is 0 Å². The molecule has 0 aliphatic heterocycles. The number of ether oxygens (including phenoxy) is 1. The van der Waals surface area contributed by atoms with E-state index in [1.807, 2.05) is 0 Å². The van der Waals surface area contributed by atoms with E-state index in [0.717, 1.165) is 0 Å². The number of hydrogen-bond acceptors (Lipinski definition) is 5. The molecule has 0 bridgehead atoms. The number of benzene rings is 1. The fourth-order valence-corrected chi connectivity index (χ4v) is 3.24. The first-order chi connectivity index (χ1) is 10.0. The molecule has 0 radical (unpaired) electrons. The Balaban J connectivity index is 3.30. The molecule has 0 heterocycles. The van der Waals surface area contributed by atoms with Gasteiger partial charge >= 0.3 is 19.0 Å². The van der Waals surface area contributed by atoms with E-state index in [4.69, 9.17) is 9.05 Å². The van der Waals surface area contributed by atoms with Crippen LogP contribution in [0.3, 0.4) is 0 Å². The second-order valence-corrected chi connectivity index (χ2v) is 5.76. The summed E-state index contributed by atoms with van der Waals surface area (Å²) in [5, 5.41) is 0. The minimum Gasteiger partial charge on any atom is -0.465 e. The van der Waals surface area contributed by atoms with Crippen molar-refractivity contribution in [2.24, 2.45) is 0 Å². The summed E-state index contributed by atoms with van der Waals surface area (Å²) in [5.74, 6) is -0.559. The Bertz CT molecular complexity index is 600. The van der Waals surface area contributed by atoms with E-state index < -0.39 is 13.6 Å². The summed E-state index contributed by atoms with van der Waals surface area (Å²) in [4.78, 5) is 14.6. The predicted octanol–water partition coefficient (Wildman–Crippen LogP) is 2.72. The highest BCUT2D eigenvalue weighted by molar-refractivity contribution is 7.72. The Labute approximate surface area is 123 Å². The molecule has 1 rings (SSSR count). The third kappa shape index (κ3) is 4.09. The van der Waals surface area contributed by atoms with Crippen molar-refractivity contribution in [3.63, 3.8) is 0 Å². The topological polar surface area (TPSA) is 98.2 Å². The number of carbonyl (C=O) groups excluding carboxylic acids is 1. The lowest BCUT2D eigenvalue weighted by molar-refractivity contribution is -0.00270. The van der Waals surface area contributed by atoms with Gasteiger partial charge in [-0.05, 0) is 32.0 Å². The van der Waals surface area contributed by atoms with Crippen LogP contribution in [0.1, 0.15) is 29.8 Å². The van der Waals surface area contributed by atoms with Crippen LogP contribution in [0.4, 0.5) is 0 Å². The van der Waals surface area contributed by atoms with Crippen molar-refractivity contribution in [3.05, 3.63) is 40.9 Å². The number of carbonyl (C=O) groups is 1. The fourth-order valence-electron chi connectivity index (χ4n) is 1.67. The molecule has 0 saturated heterocycles. The summed E-state index contributed by atoms with van der Waals surface area (Å²) in [6.07, 6.45) is 0. The fraction of sp³-hybridized carbons (Fsp3) is 0.385. The Hall–Kier alpha value is -1.78. The van der Waals surface area contributed by atoms with Gasteiger partial charge in [0, 0.05) is 0 Å². The standard InChI is InChI=1S/C13H17N2O5P/c1-4-19-21(17,20-5-2)12(15-14)10-7-6-8-11(9-10)13(16)18-3/h6-9H,4-5H2,1-3H3. The van der Waals surface area contributed by atoms with Crippen molar-refractivity contribution in [2.75, 3.05) is 20.3 Å². The average molecular weight is 312 g/mol. The van der Waals surface area contributed by atoms with Crippen LogP contribution in [0.25, 0.3) is 5.53 Å². The van der Waals surface area contributed by atoms with Crippen LogP contribution in [-0.2, 0) is 18.3 Å². The van der Waals surface area contributed by atoms with Crippen LogP contribution in [0.15, 0.2) is 24.3 Å². The number of nitrogens with zero attached hydrogens (tertiary/aromatic N) is 2. The van der Waals surface area contributed by atoms with E-state index in [9.17, 15) is 14.9 Å². The van der Waals surface area contributed by atoms with Gasteiger partial charge in [0.25, 0.3) is 0 Å². The summed E-state index contributed by atoms with van der Waals surface area (Å²) in [5.41, 5.74) is 9.43. The molecule has 7 nitrogen and oxygen atoms in total. The molecule has 0 aliphatic carbocycles. The first-order valence-electron chi connectivity index (χ1n) is 6.32. The third-order valence-corrected chi connectivity index (χ3v) is 4.56. The highest BCUT2D eigenvalue weighted by atomic mass is 31.2. The Morgan fingerprint density at radius 1 is 1.24 bits per heavy atom. The van der Waals surface area contributed by atoms with Crippen molar-refractivity contribution in [1.82, 2.24) is 0 Å². The van der Waals surface area contributed by atoms with E-state index in [1.165, 1.54) is 25.3 Å². The van der Waals surface area contributed by atoms with E-state index in [1.54, 1.807) is 19.9 Å². The highest BCUT2D eigenvalue weighted by Crippen LogP contribution is 2.50. The van der Waals surface area contributed by atoms with Crippen LogP contribution in [-0.4, -0.2) is 36.5 Å². The maximum absolute atomic E-state index is 12.6. The molecule has 0 fully saturated rings. The zero-order valence-corrected chi connectivity index (χ0v) is 13.0. The van der Waals surface area contributed by atoms with Crippen molar-refractivity contribution in [3.8, 4) is 0 Å². The van der Waals surface area contributed by atoms with Gasteiger partial charge in [-0.1, -0.05) is 6.07 Å². The normalized spacial score (nSPS) is 10.8. The molecular formula is C13H17N2O5P. The Kier molecular flexibility index (Phi) is 6.46. The minimum absolute atomic E-state index is 0.118. The average Bonchev–Trinajstić information content (AvgIpc) is 2.48. The van der Waals surface area contributed by atoms with Crippen molar-refractivity contribution < 1.29 is 27.9 Å². The summed E-state index contributed by atoms with van der Waals surface area (Å²) in [7, 11) is -2.51. The van der Waals surface area contributed by atoms with E-state index in [2.05, 4.69) is 9.53 Å². The number of esters is 1. The van der Waals surface area contributed by atoms with Gasteiger partial charge < -0.3 is 19.3 Å². The van der Waals surface area contributed by atoms with Gasteiger partial charge in [-0.2, -0.15) is 4.79 Å². The molecule has 0 unspecified atom stereocenters. The molecule has 21 heavy (non-hydrogen) atoms. The number of rotatable bonds is 7. The molecule has 0 amide bonds. The maximum Gasteiger partial charge on any atom is 0.442 e. The zero-order valence-electron chi connectivity index (χ0n) is 12.1. The lowest BCUT2D eigenvalue weighted by atomic mass is 10.1. The SMILES string of the molecule is CCOP(=O)(OCC)C(=[N+]=[N-])c1cccc(C(=O)OC)c1. The second kappa shape index (κ2) is 7.86. The highest BCUT2D eigenvalue weighted by Gasteiger charge is 2.41. The van der Waals surface area contributed by atoms with Gasteiger partial charge in [0.2, 0.25) is 0 Å². The van der Waals surface area contributed by atoms with Crippen LogP contribution < -0.4 is 0 Å². The quantitative estimate of drug-likeness (QED) is 0.253. The van der Waals surface area contributed by atoms with Crippen molar-refractivity contribution in [2.45, 2.75) is 13.8 Å². The molecule has 0 saturated carbocycles. The lowest BCUT2D eigenvalue weighted by Gasteiger charge is -2.12. The molecule has 0 spiro atoms. The van der Waals surface area contributed by atoms with Gasteiger partial charge in [-0.25, -0.2) is 9.36 Å². The van der Waals surface area contributed by atoms with E-state index in [0.29, 0.717) is 0 Å². The van der Waals surface area contributed by atoms with Gasteiger partial charge in [0.1, 0.15) is 0 Å². The largest absolute Gasteiger partial charge is 0.465 e. The second-order valence-electron chi connectivity index (χ2n) is 3.83. The van der Waals surface area contributed by atoms with E-state index in [-0.39, 0.29) is 29.8 Å².